The van der Waals surface area contributed by atoms with E-state index < -0.39 is 0 Å². The summed E-state index contributed by atoms with van der Waals surface area (Å²) in [6.07, 6.45) is 1.05. The van der Waals surface area contributed by atoms with Gasteiger partial charge in [-0.2, -0.15) is 0 Å². The molecule has 1 N–H and O–H groups in total. The molecule has 0 fully saturated rings. The van der Waals surface area contributed by atoms with Crippen LogP contribution in [0.5, 0.6) is 5.75 Å². The van der Waals surface area contributed by atoms with E-state index in [4.69, 9.17) is 4.74 Å². The Morgan fingerprint density at radius 1 is 1.06 bits per heavy atom. The van der Waals surface area contributed by atoms with Crippen molar-refractivity contribution in [1.29, 1.82) is 0 Å². The third kappa shape index (κ3) is 4.69. The summed E-state index contributed by atoms with van der Waals surface area (Å²) in [5.74, 6) is 1.62. The van der Waals surface area contributed by atoms with Crippen molar-refractivity contribution in [3.63, 3.8) is 0 Å². The van der Waals surface area contributed by atoms with Gasteiger partial charge >= 0.3 is 0 Å². The molecule has 0 aliphatic rings. The van der Waals surface area contributed by atoms with E-state index in [1.54, 1.807) is 0 Å². The summed E-state index contributed by atoms with van der Waals surface area (Å²) < 4.78 is 5.59. The van der Waals surface area contributed by atoms with Crippen molar-refractivity contribution >= 4 is 0 Å². The third-order valence-electron chi connectivity index (χ3n) is 3.37. The number of rotatable bonds is 7. The molecule has 0 saturated heterocycles. The van der Waals surface area contributed by atoms with Gasteiger partial charge in [-0.1, -0.05) is 32.9 Å². The van der Waals surface area contributed by atoms with Crippen molar-refractivity contribution in [2.24, 2.45) is 5.92 Å². The van der Waals surface area contributed by atoms with Gasteiger partial charge in [-0.15, -0.1) is 0 Å². The highest BCUT2D eigenvalue weighted by Gasteiger charge is 2.11. The van der Waals surface area contributed by atoms with E-state index >= 15 is 0 Å². The topological polar surface area (TPSA) is 21.3 Å². The van der Waals surface area contributed by atoms with Crippen LogP contribution in [0.25, 0.3) is 0 Å². The van der Waals surface area contributed by atoms with E-state index in [0.717, 1.165) is 18.8 Å². The Morgan fingerprint density at radius 2 is 1.67 bits per heavy atom. The van der Waals surface area contributed by atoms with E-state index in [9.17, 15) is 0 Å². The van der Waals surface area contributed by atoms with Gasteiger partial charge in [0.15, 0.2) is 0 Å². The van der Waals surface area contributed by atoms with Crippen molar-refractivity contribution in [3.05, 3.63) is 29.8 Å². The number of hydrogen-bond acceptors (Lipinski definition) is 2. The first-order chi connectivity index (χ1) is 8.54. The average molecular weight is 249 g/mol. The first-order valence-corrected chi connectivity index (χ1v) is 7.03. The van der Waals surface area contributed by atoms with Gasteiger partial charge in [0.05, 0.1) is 6.61 Å². The number of benzene rings is 1. The fourth-order valence-corrected chi connectivity index (χ4v) is 1.76. The standard InChI is InChI=1S/C16H27NO/c1-6-11-18-16-9-7-15(8-10-16)14(5)17-13(4)12(2)3/h7-10,12-14,17H,6,11H2,1-5H3. The maximum Gasteiger partial charge on any atom is 0.119 e. The van der Waals surface area contributed by atoms with Crippen molar-refractivity contribution in [2.75, 3.05) is 6.61 Å². The van der Waals surface area contributed by atoms with Crippen LogP contribution in [0.3, 0.4) is 0 Å². The van der Waals surface area contributed by atoms with Crippen LogP contribution in [0, 0.1) is 5.92 Å². The monoisotopic (exact) mass is 249 g/mol. The van der Waals surface area contributed by atoms with Crippen molar-refractivity contribution in [2.45, 2.75) is 53.1 Å². The molecule has 0 aliphatic carbocycles. The molecule has 1 rings (SSSR count). The molecule has 2 heteroatoms. The molecule has 0 radical (unpaired) electrons. The largest absolute Gasteiger partial charge is 0.494 e. The Kier molecular flexibility index (Phi) is 6.20. The average Bonchev–Trinajstić information content (AvgIpc) is 2.36. The molecule has 2 nitrogen and oxygen atoms in total. The molecule has 0 bridgehead atoms. The normalized spacial score (nSPS) is 14.6. The quantitative estimate of drug-likeness (QED) is 0.783. The van der Waals surface area contributed by atoms with E-state index in [1.807, 2.05) is 0 Å². The lowest BCUT2D eigenvalue weighted by Crippen LogP contribution is -2.32. The molecule has 1 aromatic carbocycles. The first-order valence-electron chi connectivity index (χ1n) is 7.03. The summed E-state index contributed by atoms with van der Waals surface area (Å²) in [7, 11) is 0. The fraction of sp³-hybridized carbons (Fsp3) is 0.625. The summed E-state index contributed by atoms with van der Waals surface area (Å²) in [6.45, 7) is 11.8. The molecular weight excluding hydrogens is 222 g/mol. The van der Waals surface area contributed by atoms with Crippen LogP contribution in [-0.2, 0) is 0 Å². The Labute approximate surface area is 112 Å². The molecule has 0 aromatic heterocycles. The zero-order valence-corrected chi connectivity index (χ0v) is 12.4. The predicted molar refractivity (Wildman–Crippen MR) is 78.1 cm³/mol. The molecule has 2 unspecified atom stereocenters. The first kappa shape index (κ1) is 15.0. The van der Waals surface area contributed by atoms with Crippen LogP contribution in [-0.4, -0.2) is 12.6 Å². The lowest BCUT2D eigenvalue weighted by Gasteiger charge is -2.23. The van der Waals surface area contributed by atoms with E-state index in [-0.39, 0.29) is 0 Å². The van der Waals surface area contributed by atoms with Gasteiger partial charge in [0.25, 0.3) is 0 Å². The molecule has 18 heavy (non-hydrogen) atoms. The minimum absolute atomic E-state index is 0.377. The van der Waals surface area contributed by atoms with Crippen LogP contribution >= 0.6 is 0 Å². The highest BCUT2D eigenvalue weighted by Crippen LogP contribution is 2.19. The lowest BCUT2D eigenvalue weighted by atomic mass is 10.0. The van der Waals surface area contributed by atoms with Crippen LogP contribution in [0.2, 0.25) is 0 Å². The second kappa shape index (κ2) is 7.42. The zero-order valence-electron chi connectivity index (χ0n) is 12.4. The Balaban J connectivity index is 2.55. The molecule has 0 aliphatic heterocycles. The maximum absolute atomic E-state index is 5.59. The minimum Gasteiger partial charge on any atom is -0.494 e. The lowest BCUT2D eigenvalue weighted by molar-refractivity contribution is 0.317. The van der Waals surface area contributed by atoms with Crippen LogP contribution in [0.1, 0.15) is 52.6 Å². The molecule has 1 aromatic rings. The molecule has 2 atom stereocenters. The smallest absolute Gasteiger partial charge is 0.119 e. The van der Waals surface area contributed by atoms with Gasteiger partial charge in [0.2, 0.25) is 0 Å². The van der Waals surface area contributed by atoms with Crippen molar-refractivity contribution < 1.29 is 4.74 Å². The summed E-state index contributed by atoms with van der Waals surface area (Å²) in [6, 6.07) is 9.32. The second-order valence-electron chi connectivity index (χ2n) is 5.34. The van der Waals surface area contributed by atoms with Crippen LogP contribution in [0.15, 0.2) is 24.3 Å². The molecule has 102 valence electrons. The van der Waals surface area contributed by atoms with Crippen molar-refractivity contribution in [1.82, 2.24) is 5.32 Å². The Morgan fingerprint density at radius 3 is 2.17 bits per heavy atom. The number of ether oxygens (including phenoxy) is 1. The Bertz CT molecular complexity index is 331. The summed E-state index contributed by atoms with van der Waals surface area (Å²) in [4.78, 5) is 0. The molecule has 0 saturated carbocycles. The molecule has 0 heterocycles. The molecule has 0 spiro atoms. The number of nitrogens with one attached hydrogen (secondary N) is 1. The minimum atomic E-state index is 0.377. The Hall–Kier alpha value is -1.02. The van der Waals surface area contributed by atoms with Gasteiger partial charge in [-0.25, -0.2) is 0 Å². The number of hydrogen-bond donors (Lipinski definition) is 1. The van der Waals surface area contributed by atoms with E-state index in [1.165, 1.54) is 5.56 Å². The van der Waals surface area contributed by atoms with Gasteiger partial charge in [-0.05, 0) is 43.9 Å². The highest BCUT2D eigenvalue weighted by molar-refractivity contribution is 5.29. The van der Waals surface area contributed by atoms with E-state index in [2.05, 4.69) is 64.2 Å². The van der Waals surface area contributed by atoms with E-state index in [0.29, 0.717) is 18.0 Å². The fourth-order valence-electron chi connectivity index (χ4n) is 1.76. The van der Waals surface area contributed by atoms with Gasteiger partial charge in [-0.3, -0.25) is 0 Å². The van der Waals surface area contributed by atoms with Gasteiger partial charge in [0.1, 0.15) is 5.75 Å². The summed E-state index contributed by atoms with van der Waals surface area (Å²) in [5.41, 5.74) is 1.31. The van der Waals surface area contributed by atoms with Gasteiger partial charge in [0, 0.05) is 12.1 Å². The predicted octanol–water partition coefficient (Wildman–Crippen LogP) is 4.17. The van der Waals surface area contributed by atoms with Crippen LogP contribution < -0.4 is 10.1 Å². The van der Waals surface area contributed by atoms with Crippen molar-refractivity contribution in [3.8, 4) is 5.75 Å². The summed E-state index contributed by atoms with van der Waals surface area (Å²) in [5, 5.41) is 3.62. The van der Waals surface area contributed by atoms with Crippen LogP contribution in [0.4, 0.5) is 0 Å². The highest BCUT2D eigenvalue weighted by atomic mass is 16.5. The van der Waals surface area contributed by atoms with Gasteiger partial charge < -0.3 is 10.1 Å². The zero-order chi connectivity index (χ0) is 13.5. The summed E-state index contributed by atoms with van der Waals surface area (Å²) >= 11 is 0. The maximum atomic E-state index is 5.59. The third-order valence-corrected chi connectivity index (χ3v) is 3.37. The SMILES string of the molecule is CCCOc1ccc(C(C)NC(C)C(C)C)cc1. The molecule has 0 amide bonds. The second-order valence-corrected chi connectivity index (χ2v) is 5.34. The molecular formula is C16H27NO.